The predicted octanol–water partition coefficient (Wildman–Crippen LogP) is 6.01. The van der Waals surface area contributed by atoms with Crippen molar-refractivity contribution >= 4 is 40.8 Å². The molecule has 1 aliphatic heterocycles. The lowest BCUT2D eigenvalue weighted by molar-refractivity contribution is -0.115. The highest BCUT2D eigenvalue weighted by Gasteiger charge is 2.29. The fourth-order valence-corrected chi connectivity index (χ4v) is 5.00. The maximum absolute atomic E-state index is 11.7. The summed E-state index contributed by atoms with van der Waals surface area (Å²) >= 11 is 1.50. The minimum Gasteiger partial charge on any atom is -0.356 e. The number of rotatable bonds is 7. The van der Waals surface area contributed by atoms with E-state index in [-0.39, 0.29) is 5.91 Å². The number of carbonyl (C=O) groups excluding carboxylic acids is 1. The van der Waals surface area contributed by atoms with E-state index < -0.39 is 0 Å². The molecule has 0 unspecified atom stereocenters. The normalized spacial score (nSPS) is 14.7. The first kappa shape index (κ1) is 25.0. The maximum Gasteiger partial charge on any atom is 0.224 e. The molecule has 0 atom stereocenters. The van der Waals surface area contributed by atoms with Gasteiger partial charge in [0.2, 0.25) is 5.91 Å². The van der Waals surface area contributed by atoms with E-state index in [9.17, 15) is 4.79 Å². The molecule has 1 amide bonds. The maximum atomic E-state index is 11.7. The van der Waals surface area contributed by atoms with Gasteiger partial charge in [-0.25, -0.2) is 9.97 Å². The van der Waals surface area contributed by atoms with Crippen molar-refractivity contribution in [3.8, 4) is 0 Å². The molecule has 0 aliphatic carbocycles. The van der Waals surface area contributed by atoms with Crippen LogP contribution < -0.4 is 15.5 Å². The van der Waals surface area contributed by atoms with Crippen molar-refractivity contribution in [1.29, 1.82) is 0 Å². The Bertz CT molecular complexity index is 1150. The second-order valence-electron chi connectivity index (χ2n) is 10.1. The standard InChI is InChI=1S/C26H35N7OS/c1-6-24(34)27-19-7-9-20(10-8-19)35-25-29-21(28-22-15-17(2)31-32-22)16-23(30-25)33-13-11-18(12-14-33)26(3,4)5/h7-10,15-16,18H,6,11-14H2,1-5H3,(H,27,34)(H2,28,29,30,31,32). The van der Waals surface area contributed by atoms with Crippen LogP contribution in [0.25, 0.3) is 0 Å². The number of benzene rings is 1. The van der Waals surface area contributed by atoms with Crippen LogP contribution in [-0.2, 0) is 4.79 Å². The van der Waals surface area contributed by atoms with E-state index in [4.69, 9.17) is 9.97 Å². The summed E-state index contributed by atoms with van der Waals surface area (Å²) in [4.78, 5) is 24.7. The van der Waals surface area contributed by atoms with Crippen molar-refractivity contribution in [3.63, 3.8) is 0 Å². The van der Waals surface area contributed by atoms with E-state index in [0.717, 1.165) is 53.8 Å². The van der Waals surface area contributed by atoms with Gasteiger partial charge in [0.1, 0.15) is 11.6 Å². The van der Waals surface area contributed by atoms with E-state index in [0.29, 0.717) is 28.7 Å². The van der Waals surface area contributed by atoms with E-state index in [2.05, 4.69) is 46.5 Å². The van der Waals surface area contributed by atoms with Gasteiger partial charge in [0.25, 0.3) is 0 Å². The molecule has 4 rings (SSSR count). The fourth-order valence-electron chi connectivity index (χ4n) is 4.23. The van der Waals surface area contributed by atoms with E-state index in [1.807, 2.05) is 50.2 Å². The average molecular weight is 494 g/mol. The number of H-pyrrole nitrogens is 1. The molecule has 0 bridgehead atoms. The van der Waals surface area contributed by atoms with Crippen LogP contribution in [0.3, 0.4) is 0 Å². The van der Waals surface area contributed by atoms with Crippen LogP contribution in [-0.4, -0.2) is 39.2 Å². The molecule has 1 fully saturated rings. The minimum absolute atomic E-state index is 0.000915. The molecule has 35 heavy (non-hydrogen) atoms. The summed E-state index contributed by atoms with van der Waals surface area (Å²) in [5.41, 5.74) is 2.09. The van der Waals surface area contributed by atoms with Crippen LogP contribution in [0.2, 0.25) is 0 Å². The van der Waals surface area contributed by atoms with Crippen LogP contribution in [0.5, 0.6) is 0 Å². The molecule has 1 aliphatic rings. The highest BCUT2D eigenvalue weighted by molar-refractivity contribution is 7.99. The van der Waals surface area contributed by atoms with Crippen molar-refractivity contribution < 1.29 is 4.79 Å². The van der Waals surface area contributed by atoms with Crippen molar-refractivity contribution in [3.05, 3.63) is 42.1 Å². The van der Waals surface area contributed by atoms with Gasteiger partial charge in [-0.05, 0) is 67.1 Å². The lowest BCUT2D eigenvalue weighted by atomic mass is 9.75. The third-order valence-electron chi connectivity index (χ3n) is 6.37. The molecule has 0 spiro atoms. The largest absolute Gasteiger partial charge is 0.356 e. The highest BCUT2D eigenvalue weighted by Crippen LogP contribution is 2.36. The van der Waals surface area contributed by atoms with Gasteiger partial charge in [0, 0.05) is 47.9 Å². The fraction of sp³-hybridized carbons (Fsp3) is 0.462. The van der Waals surface area contributed by atoms with Gasteiger partial charge in [-0.1, -0.05) is 27.7 Å². The van der Waals surface area contributed by atoms with Crippen LogP contribution in [0.1, 0.15) is 52.7 Å². The number of aryl methyl sites for hydroxylation is 1. The van der Waals surface area contributed by atoms with Gasteiger partial charge in [0.15, 0.2) is 11.0 Å². The third-order valence-corrected chi connectivity index (χ3v) is 7.24. The number of hydrogen-bond acceptors (Lipinski definition) is 7. The Labute approximate surface area is 211 Å². The van der Waals surface area contributed by atoms with Gasteiger partial charge in [-0.15, -0.1) is 0 Å². The minimum atomic E-state index is 0.000915. The average Bonchev–Trinajstić information content (AvgIpc) is 3.24. The number of aromatic nitrogens is 4. The van der Waals surface area contributed by atoms with Crippen LogP contribution >= 0.6 is 11.8 Å². The first-order valence-corrected chi connectivity index (χ1v) is 13.0. The SMILES string of the molecule is CCC(=O)Nc1ccc(Sc2nc(Nc3cc(C)[nH]n3)cc(N3CCC(C(C)(C)C)CC3)n2)cc1. The summed E-state index contributed by atoms with van der Waals surface area (Å²) in [5, 5.41) is 14.1. The zero-order valence-corrected chi connectivity index (χ0v) is 22.0. The monoisotopic (exact) mass is 493 g/mol. The molecule has 1 saturated heterocycles. The van der Waals surface area contributed by atoms with E-state index in [1.165, 1.54) is 11.8 Å². The van der Waals surface area contributed by atoms with Crippen molar-refractivity contribution in [2.24, 2.45) is 11.3 Å². The van der Waals surface area contributed by atoms with Gasteiger partial charge in [-0.2, -0.15) is 5.10 Å². The molecule has 3 aromatic rings. The van der Waals surface area contributed by atoms with Crippen molar-refractivity contribution in [2.45, 2.75) is 63.9 Å². The molecule has 0 saturated carbocycles. The third kappa shape index (κ3) is 6.75. The molecule has 1 aromatic carbocycles. The molecule has 3 heterocycles. The summed E-state index contributed by atoms with van der Waals surface area (Å²) in [5.74, 6) is 3.09. The van der Waals surface area contributed by atoms with Crippen LogP contribution in [0, 0.1) is 18.3 Å². The quantitative estimate of drug-likeness (QED) is 0.346. The number of nitrogens with one attached hydrogen (secondary N) is 3. The number of carbonyl (C=O) groups is 1. The second-order valence-corrected chi connectivity index (χ2v) is 11.2. The first-order chi connectivity index (χ1) is 16.7. The molecule has 186 valence electrons. The van der Waals surface area contributed by atoms with E-state index >= 15 is 0 Å². The summed E-state index contributed by atoms with van der Waals surface area (Å²) in [7, 11) is 0. The number of piperidine rings is 1. The van der Waals surface area contributed by atoms with Gasteiger partial charge in [-0.3, -0.25) is 9.89 Å². The molecule has 0 radical (unpaired) electrons. The van der Waals surface area contributed by atoms with E-state index in [1.54, 1.807) is 0 Å². The molecule has 3 N–H and O–H groups in total. The highest BCUT2D eigenvalue weighted by atomic mass is 32.2. The van der Waals surface area contributed by atoms with Crippen molar-refractivity contribution in [2.75, 3.05) is 28.6 Å². The number of amides is 1. The zero-order valence-electron chi connectivity index (χ0n) is 21.2. The summed E-state index contributed by atoms with van der Waals surface area (Å²) < 4.78 is 0. The van der Waals surface area contributed by atoms with Crippen molar-refractivity contribution in [1.82, 2.24) is 20.2 Å². The van der Waals surface area contributed by atoms with Crippen LogP contribution in [0.15, 0.2) is 46.5 Å². The molecule has 8 nitrogen and oxygen atoms in total. The van der Waals surface area contributed by atoms with Gasteiger partial charge in [0.05, 0.1) is 0 Å². The lowest BCUT2D eigenvalue weighted by Gasteiger charge is -2.39. The van der Waals surface area contributed by atoms with Crippen LogP contribution in [0.4, 0.5) is 23.1 Å². The molecular formula is C26H35N7OS. The predicted molar refractivity (Wildman–Crippen MR) is 143 cm³/mol. The topological polar surface area (TPSA) is 98.8 Å². The summed E-state index contributed by atoms with van der Waals surface area (Å²) in [6, 6.07) is 11.7. The second kappa shape index (κ2) is 10.7. The molecule has 2 aromatic heterocycles. The summed E-state index contributed by atoms with van der Waals surface area (Å²) in [6.45, 7) is 12.8. The Morgan fingerprint density at radius 3 is 2.43 bits per heavy atom. The number of anilines is 4. The van der Waals surface area contributed by atoms with Gasteiger partial charge < -0.3 is 15.5 Å². The zero-order chi connectivity index (χ0) is 25.0. The number of nitrogens with zero attached hydrogens (tertiary/aromatic N) is 4. The molecule has 9 heteroatoms. The Morgan fingerprint density at radius 2 is 1.83 bits per heavy atom. The Morgan fingerprint density at radius 1 is 1.11 bits per heavy atom. The number of aromatic amines is 1. The Kier molecular flexibility index (Phi) is 7.64. The Balaban J connectivity index is 1.55. The van der Waals surface area contributed by atoms with Gasteiger partial charge >= 0.3 is 0 Å². The summed E-state index contributed by atoms with van der Waals surface area (Å²) in [6.07, 6.45) is 2.76. The first-order valence-electron chi connectivity index (χ1n) is 12.2. The number of hydrogen-bond donors (Lipinski definition) is 3. The lowest BCUT2D eigenvalue weighted by Crippen LogP contribution is -2.38. The molecular weight excluding hydrogens is 458 g/mol. The Hall–Kier alpha value is -3.07. The smallest absolute Gasteiger partial charge is 0.224 e.